The van der Waals surface area contributed by atoms with E-state index in [1.807, 2.05) is 12.1 Å². The Morgan fingerprint density at radius 3 is 2.14 bits per heavy atom. The summed E-state index contributed by atoms with van der Waals surface area (Å²) >= 11 is 0. The fourth-order valence-electron chi connectivity index (χ4n) is 3.13. The molecular formula is C18H24O3. The summed E-state index contributed by atoms with van der Waals surface area (Å²) in [6.45, 7) is 8.92. The number of carboxylic acids is 1. The number of benzene rings is 1. The average Bonchev–Trinajstić information content (AvgIpc) is 2.41. The van der Waals surface area contributed by atoms with Crippen molar-refractivity contribution in [3.05, 3.63) is 34.9 Å². The molecule has 0 heterocycles. The van der Waals surface area contributed by atoms with Crippen molar-refractivity contribution >= 4 is 11.8 Å². The summed E-state index contributed by atoms with van der Waals surface area (Å²) in [6, 6.07) is 5.90. The number of carbonyl (C=O) groups excluding carboxylic acids is 1. The van der Waals surface area contributed by atoms with Crippen LogP contribution >= 0.6 is 0 Å². The molecule has 0 saturated carbocycles. The van der Waals surface area contributed by atoms with Crippen LogP contribution in [0.2, 0.25) is 0 Å². The first-order valence-electron chi connectivity index (χ1n) is 7.53. The van der Waals surface area contributed by atoms with Crippen molar-refractivity contribution in [2.45, 2.75) is 64.2 Å². The maximum Gasteiger partial charge on any atom is 0.303 e. The molecule has 0 fully saturated rings. The third kappa shape index (κ3) is 3.17. The SMILES string of the molecule is CC1(C)CCC(C)(C)c2cc(C(=O)CCC(=O)O)ccc21. The number of hydrogen-bond acceptors (Lipinski definition) is 2. The predicted octanol–water partition coefficient (Wildman–Crippen LogP) is 4.08. The number of ketones is 1. The van der Waals surface area contributed by atoms with Crippen LogP contribution in [0.4, 0.5) is 0 Å². The van der Waals surface area contributed by atoms with Crippen molar-refractivity contribution in [2.24, 2.45) is 0 Å². The zero-order valence-electron chi connectivity index (χ0n) is 13.3. The molecule has 1 aromatic rings. The summed E-state index contributed by atoms with van der Waals surface area (Å²) in [4.78, 5) is 22.7. The van der Waals surface area contributed by atoms with Gasteiger partial charge >= 0.3 is 5.97 Å². The lowest BCUT2D eigenvalue weighted by molar-refractivity contribution is -0.136. The van der Waals surface area contributed by atoms with Gasteiger partial charge in [-0.2, -0.15) is 0 Å². The first-order chi connectivity index (χ1) is 9.63. The molecule has 0 atom stereocenters. The Labute approximate surface area is 126 Å². The van der Waals surface area contributed by atoms with Crippen molar-refractivity contribution in [2.75, 3.05) is 0 Å². The molecule has 3 heteroatoms. The van der Waals surface area contributed by atoms with E-state index in [0.717, 1.165) is 12.8 Å². The third-order valence-electron chi connectivity index (χ3n) is 4.74. The molecule has 114 valence electrons. The maximum atomic E-state index is 12.1. The van der Waals surface area contributed by atoms with Crippen molar-refractivity contribution < 1.29 is 14.7 Å². The van der Waals surface area contributed by atoms with Gasteiger partial charge < -0.3 is 5.11 Å². The van der Waals surface area contributed by atoms with Gasteiger partial charge in [0.25, 0.3) is 0 Å². The van der Waals surface area contributed by atoms with Gasteiger partial charge in [0.15, 0.2) is 5.78 Å². The van der Waals surface area contributed by atoms with Crippen molar-refractivity contribution in [3.63, 3.8) is 0 Å². The molecule has 0 radical (unpaired) electrons. The summed E-state index contributed by atoms with van der Waals surface area (Å²) < 4.78 is 0. The zero-order valence-corrected chi connectivity index (χ0v) is 13.3. The number of rotatable bonds is 4. The molecule has 3 nitrogen and oxygen atoms in total. The minimum atomic E-state index is -0.928. The Bertz CT molecular complexity index is 582. The van der Waals surface area contributed by atoms with Gasteiger partial charge in [-0.15, -0.1) is 0 Å². The Balaban J connectivity index is 2.37. The van der Waals surface area contributed by atoms with Crippen LogP contribution in [0.3, 0.4) is 0 Å². The fraction of sp³-hybridized carbons (Fsp3) is 0.556. The molecule has 0 spiro atoms. The molecule has 0 unspecified atom stereocenters. The second-order valence-electron chi connectivity index (χ2n) is 7.35. The summed E-state index contributed by atoms with van der Waals surface area (Å²) in [6.07, 6.45) is 2.20. The molecule has 0 aliphatic heterocycles. The number of Topliss-reactive ketones (excluding diaryl/α,β-unsaturated/α-hetero) is 1. The molecule has 0 amide bonds. The summed E-state index contributed by atoms with van der Waals surface area (Å²) in [5.41, 5.74) is 3.38. The van der Waals surface area contributed by atoms with Gasteiger partial charge in [0.1, 0.15) is 0 Å². The number of fused-ring (bicyclic) bond motifs is 1. The standard InChI is InChI=1S/C18H24O3/c1-17(2)9-10-18(3,4)14-11-12(5-6-13(14)17)15(19)7-8-16(20)21/h5-6,11H,7-10H2,1-4H3,(H,20,21). The highest BCUT2D eigenvalue weighted by Gasteiger charge is 2.37. The highest BCUT2D eigenvalue weighted by molar-refractivity contribution is 5.97. The van der Waals surface area contributed by atoms with Gasteiger partial charge in [0, 0.05) is 12.0 Å². The average molecular weight is 288 g/mol. The van der Waals surface area contributed by atoms with Crippen LogP contribution in [0.5, 0.6) is 0 Å². The number of hydrogen-bond donors (Lipinski definition) is 1. The van der Waals surface area contributed by atoms with Crippen molar-refractivity contribution in [1.29, 1.82) is 0 Å². The normalized spacial score (nSPS) is 18.9. The Morgan fingerprint density at radius 1 is 1.00 bits per heavy atom. The van der Waals surface area contributed by atoms with E-state index >= 15 is 0 Å². The first-order valence-corrected chi connectivity index (χ1v) is 7.53. The quantitative estimate of drug-likeness (QED) is 0.849. The van der Waals surface area contributed by atoms with Crippen LogP contribution in [0.15, 0.2) is 18.2 Å². The molecule has 21 heavy (non-hydrogen) atoms. The molecule has 1 aliphatic carbocycles. The Morgan fingerprint density at radius 2 is 1.57 bits per heavy atom. The van der Waals surface area contributed by atoms with Gasteiger partial charge in [-0.25, -0.2) is 0 Å². The summed E-state index contributed by atoms with van der Waals surface area (Å²) in [7, 11) is 0. The minimum Gasteiger partial charge on any atom is -0.481 e. The van der Waals surface area contributed by atoms with Gasteiger partial charge in [0.2, 0.25) is 0 Å². The molecule has 0 saturated heterocycles. The van der Waals surface area contributed by atoms with Crippen LogP contribution in [0, 0.1) is 0 Å². The lowest BCUT2D eigenvalue weighted by Crippen LogP contribution is -2.34. The second-order valence-corrected chi connectivity index (χ2v) is 7.35. The summed E-state index contributed by atoms with van der Waals surface area (Å²) in [5, 5.41) is 8.70. The lowest BCUT2D eigenvalue weighted by Gasteiger charge is -2.42. The molecule has 0 bridgehead atoms. The molecule has 2 rings (SSSR count). The van der Waals surface area contributed by atoms with Crippen molar-refractivity contribution in [3.8, 4) is 0 Å². The summed E-state index contributed by atoms with van der Waals surface area (Å²) in [5.74, 6) is -1.01. The van der Waals surface area contributed by atoms with Crippen LogP contribution in [0.1, 0.15) is 74.9 Å². The van der Waals surface area contributed by atoms with E-state index in [4.69, 9.17) is 5.11 Å². The van der Waals surface area contributed by atoms with Crippen LogP contribution < -0.4 is 0 Å². The zero-order chi connectivity index (χ0) is 15.8. The molecule has 0 aromatic heterocycles. The molecule has 1 N–H and O–H groups in total. The van der Waals surface area contributed by atoms with Crippen LogP contribution in [-0.4, -0.2) is 16.9 Å². The van der Waals surface area contributed by atoms with Crippen LogP contribution in [0.25, 0.3) is 0 Å². The van der Waals surface area contributed by atoms with Gasteiger partial charge in [0.05, 0.1) is 6.42 Å². The highest BCUT2D eigenvalue weighted by Crippen LogP contribution is 2.45. The van der Waals surface area contributed by atoms with E-state index in [0.29, 0.717) is 5.56 Å². The van der Waals surface area contributed by atoms with Gasteiger partial charge in [-0.3, -0.25) is 9.59 Å². The Kier molecular flexibility index (Phi) is 3.96. The number of carbonyl (C=O) groups is 2. The van der Waals surface area contributed by atoms with E-state index in [-0.39, 0.29) is 29.5 Å². The van der Waals surface area contributed by atoms with E-state index in [9.17, 15) is 9.59 Å². The predicted molar refractivity (Wildman–Crippen MR) is 82.9 cm³/mol. The maximum absolute atomic E-state index is 12.1. The monoisotopic (exact) mass is 288 g/mol. The van der Waals surface area contributed by atoms with E-state index in [1.54, 1.807) is 0 Å². The molecule has 1 aromatic carbocycles. The fourth-order valence-corrected chi connectivity index (χ4v) is 3.13. The molecule has 1 aliphatic rings. The van der Waals surface area contributed by atoms with Crippen LogP contribution in [-0.2, 0) is 15.6 Å². The smallest absolute Gasteiger partial charge is 0.303 e. The highest BCUT2D eigenvalue weighted by atomic mass is 16.4. The largest absolute Gasteiger partial charge is 0.481 e. The number of aliphatic carboxylic acids is 1. The van der Waals surface area contributed by atoms with E-state index < -0.39 is 5.97 Å². The minimum absolute atomic E-state index is 0.0634. The van der Waals surface area contributed by atoms with Gasteiger partial charge in [-0.1, -0.05) is 39.8 Å². The van der Waals surface area contributed by atoms with E-state index in [1.165, 1.54) is 11.1 Å². The number of carboxylic acid groups (broad SMARTS) is 1. The third-order valence-corrected chi connectivity index (χ3v) is 4.74. The topological polar surface area (TPSA) is 54.4 Å². The van der Waals surface area contributed by atoms with E-state index in [2.05, 4.69) is 33.8 Å². The van der Waals surface area contributed by atoms with Crippen molar-refractivity contribution in [1.82, 2.24) is 0 Å². The van der Waals surface area contributed by atoms with Gasteiger partial charge in [-0.05, 0) is 40.9 Å². The second kappa shape index (κ2) is 5.28. The Hall–Kier alpha value is -1.64. The first kappa shape index (κ1) is 15.7. The molecular weight excluding hydrogens is 264 g/mol. The lowest BCUT2D eigenvalue weighted by atomic mass is 9.63.